The zero-order valence-electron chi connectivity index (χ0n) is 11.6. The fourth-order valence-corrected chi connectivity index (χ4v) is 2.00. The van der Waals surface area contributed by atoms with Crippen LogP contribution in [0.4, 0.5) is 20.2 Å². The molecule has 0 bridgehead atoms. The molecular formula is C14H9ClF2N2O4. The Labute approximate surface area is 133 Å². The van der Waals surface area contributed by atoms with Crippen LogP contribution in [0.3, 0.4) is 0 Å². The van der Waals surface area contributed by atoms with E-state index in [4.69, 9.17) is 16.3 Å². The highest BCUT2D eigenvalue weighted by molar-refractivity contribution is 6.34. The first-order valence-electron chi connectivity index (χ1n) is 6.11. The number of amides is 1. The van der Waals surface area contributed by atoms with Gasteiger partial charge in [0.2, 0.25) is 0 Å². The third-order valence-corrected chi connectivity index (χ3v) is 3.22. The monoisotopic (exact) mass is 342 g/mol. The second kappa shape index (κ2) is 6.57. The zero-order chi connectivity index (χ0) is 17.1. The van der Waals surface area contributed by atoms with Crippen LogP contribution >= 0.6 is 11.6 Å². The molecule has 0 fully saturated rings. The average molecular weight is 343 g/mol. The summed E-state index contributed by atoms with van der Waals surface area (Å²) in [6.45, 7) is 0. The minimum atomic E-state index is -1.42. The number of methoxy groups -OCH3 is 1. The molecule has 0 aromatic heterocycles. The van der Waals surface area contributed by atoms with E-state index in [1.165, 1.54) is 25.3 Å². The summed E-state index contributed by atoms with van der Waals surface area (Å²) in [6.07, 6.45) is 0. The van der Waals surface area contributed by atoms with Gasteiger partial charge >= 0.3 is 0 Å². The molecule has 6 nitrogen and oxygen atoms in total. The molecule has 0 unspecified atom stereocenters. The number of carbonyl (C=O) groups excluding carboxylic acids is 1. The van der Waals surface area contributed by atoms with E-state index in [2.05, 4.69) is 5.32 Å². The zero-order valence-corrected chi connectivity index (χ0v) is 12.4. The molecule has 0 aliphatic carbocycles. The van der Waals surface area contributed by atoms with Gasteiger partial charge in [0.1, 0.15) is 11.3 Å². The van der Waals surface area contributed by atoms with Crippen LogP contribution in [0.1, 0.15) is 10.4 Å². The summed E-state index contributed by atoms with van der Waals surface area (Å²) >= 11 is 5.94. The molecule has 2 rings (SSSR count). The number of nitro groups is 1. The number of nitrogens with one attached hydrogen (secondary N) is 1. The number of ether oxygens (including phenoxy) is 1. The molecule has 0 saturated carbocycles. The predicted molar refractivity (Wildman–Crippen MR) is 79.0 cm³/mol. The maximum atomic E-state index is 13.3. The van der Waals surface area contributed by atoms with Crippen LogP contribution in [0.2, 0.25) is 5.02 Å². The number of nitrogens with zero attached hydrogens (tertiary/aromatic N) is 1. The molecule has 0 heterocycles. The van der Waals surface area contributed by atoms with Gasteiger partial charge in [-0.2, -0.15) is 0 Å². The lowest BCUT2D eigenvalue weighted by atomic mass is 10.1. The normalized spacial score (nSPS) is 10.3. The van der Waals surface area contributed by atoms with Gasteiger partial charge in [-0.05, 0) is 18.2 Å². The van der Waals surface area contributed by atoms with Crippen molar-refractivity contribution in [3.05, 3.63) is 62.7 Å². The van der Waals surface area contributed by atoms with Crippen LogP contribution in [0.5, 0.6) is 5.75 Å². The molecule has 1 N–H and O–H groups in total. The molecular weight excluding hydrogens is 334 g/mol. The Morgan fingerprint density at radius 2 is 1.91 bits per heavy atom. The van der Waals surface area contributed by atoms with E-state index in [0.717, 1.165) is 0 Å². The summed E-state index contributed by atoms with van der Waals surface area (Å²) in [4.78, 5) is 22.0. The number of nitro benzene ring substituents is 1. The molecule has 23 heavy (non-hydrogen) atoms. The molecule has 1 amide bonds. The number of benzene rings is 2. The second-order valence-corrected chi connectivity index (χ2v) is 4.75. The van der Waals surface area contributed by atoms with E-state index >= 15 is 0 Å². The largest absolute Gasteiger partial charge is 0.497 e. The number of halogens is 3. The van der Waals surface area contributed by atoms with Gasteiger partial charge in [-0.1, -0.05) is 11.6 Å². The Morgan fingerprint density at radius 1 is 1.26 bits per heavy atom. The Morgan fingerprint density at radius 3 is 2.48 bits per heavy atom. The van der Waals surface area contributed by atoms with Crippen molar-refractivity contribution in [2.24, 2.45) is 0 Å². The van der Waals surface area contributed by atoms with Crippen molar-refractivity contribution >= 4 is 28.9 Å². The van der Waals surface area contributed by atoms with E-state index < -0.39 is 33.7 Å². The third-order valence-electron chi connectivity index (χ3n) is 2.90. The summed E-state index contributed by atoms with van der Waals surface area (Å²) in [6, 6.07) is 5.13. The average Bonchev–Trinajstić information content (AvgIpc) is 2.51. The van der Waals surface area contributed by atoms with Crippen molar-refractivity contribution in [1.29, 1.82) is 0 Å². The fraction of sp³-hybridized carbons (Fsp3) is 0.0714. The molecule has 0 atom stereocenters. The maximum Gasteiger partial charge on any atom is 0.285 e. The van der Waals surface area contributed by atoms with Crippen molar-refractivity contribution < 1.29 is 23.2 Å². The van der Waals surface area contributed by atoms with E-state index in [1.807, 2.05) is 0 Å². The van der Waals surface area contributed by atoms with Gasteiger partial charge in [0.25, 0.3) is 11.6 Å². The molecule has 0 aliphatic heterocycles. The van der Waals surface area contributed by atoms with Crippen molar-refractivity contribution in [2.75, 3.05) is 12.4 Å². The van der Waals surface area contributed by atoms with Crippen molar-refractivity contribution in [3.8, 4) is 5.75 Å². The lowest BCUT2D eigenvalue weighted by Crippen LogP contribution is -2.15. The minimum Gasteiger partial charge on any atom is -0.497 e. The number of carbonyl (C=O) groups is 1. The molecule has 2 aromatic rings. The molecule has 0 aliphatic rings. The van der Waals surface area contributed by atoms with Gasteiger partial charge in [-0.3, -0.25) is 14.9 Å². The highest BCUT2D eigenvalue weighted by Crippen LogP contribution is 2.28. The van der Waals surface area contributed by atoms with E-state index in [0.29, 0.717) is 17.9 Å². The lowest BCUT2D eigenvalue weighted by Gasteiger charge is -2.09. The van der Waals surface area contributed by atoms with Crippen LogP contribution < -0.4 is 10.1 Å². The van der Waals surface area contributed by atoms with E-state index in [9.17, 15) is 23.7 Å². The summed E-state index contributed by atoms with van der Waals surface area (Å²) in [7, 11) is 1.43. The molecule has 2 aromatic carbocycles. The Kier molecular flexibility index (Phi) is 4.75. The van der Waals surface area contributed by atoms with Gasteiger partial charge < -0.3 is 10.1 Å². The number of anilines is 1. The second-order valence-electron chi connectivity index (χ2n) is 4.34. The summed E-state index contributed by atoms with van der Waals surface area (Å²) in [5.41, 5.74) is -1.34. The van der Waals surface area contributed by atoms with Crippen molar-refractivity contribution in [3.63, 3.8) is 0 Å². The summed E-state index contributed by atoms with van der Waals surface area (Å²) in [5, 5.41) is 13.3. The maximum absolute atomic E-state index is 13.3. The van der Waals surface area contributed by atoms with Crippen molar-refractivity contribution in [2.45, 2.75) is 0 Å². The first-order valence-corrected chi connectivity index (χ1v) is 6.49. The molecule has 9 heteroatoms. The van der Waals surface area contributed by atoms with Gasteiger partial charge in [0, 0.05) is 6.07 Å². The van der Waals surface area contributed by atoms with Gasteiger partial charge in [-0.15, -0.1) is 0 Å². The standard InChI is InChI=1S/C14H9ClF2N2O4/c1-23-7-2-3-12(9(15)4-7)18-14(20)8-5-10(16)11(17)6-13(8)19(21)22/h2-6H,1H3,(H,18,20). The highest BCUT2D eigenvalue weighted by Gasteiger charge is 2.24. The van der Waals surface area contributed by atoms with Crippen LogP contribution in [-0.4, -0.2) is 17.9 Å². The topological polar surface area (TPSA) is 81.5 Å². The van der Waals surface area contributed by atoms with E-state index in [-0.39, 0.29) is 10.7 Å². The molecule has 0 saturated heterocycles. The fourth-order valence-electron chi connectivity index (χ4n) is 1.78. The Bertz CT molecular complexity index is 799. The highest BCUT2D eigenvalue weighted by atomic mass is 35.5. The quantitative estimate of drug-likeness (QED) is 0.677. The summed E-state index contributed by atoms with van der Waals surface area (Å²) < 4.78 is 31.3. The van der Waals surface area contributed by atoms with Crippen LogP contribution in [0.15, 0.2) is 30.3 Å². The predicted octanol–water partition coefficient (Wildman–Crippen LogP) is 3.79. The SMILES string of the molecule is COc1ccc(NC(=O)c2cc(F)c(F)cc2[N+](=O)[O-])c(Cl)c1. The van der Waals surface area contributed by atoms with Crippen LogP contribution in [0.25, 0.3) is 0 Å². The van der Waals surface area contributed by atoms with E-state index in [1.54, 1.807) is 0 Å². The number of hydrogen-bond donors (Lipinski definition) is 1. The van der Waals surface area contributed by atoms with Crippen LogP contribution in [0, 0.1) is 21.7 Å². The first kappa shape index (κ1) is 16.6. The molecule has 120 valence electrons. The lowest BCUT2D eigenvalue weighted by molar-refractivity contribution is -0.385. The molecule has 0 radical (unpaired) electrons. The first-order chi connectivity index (χ1) is 10.8. The number of hydrogen-bond acceptors (Lipinski definition) is 4. The molecule has 0 spiro atoms. The van der Waals surface area contributed by atoms with Crippen molar-refractivity contribution in [1.82, 2.24) is 0 Å². The van der Waals surface area contributed by atoms with Crippen LogP contribution in [-0.2, 0) is 0 Å². The Balaban J connectivity index is 2.38. The van der Waals surface area contributed by atoms with Gasteiger partial charge in [-0.25, -0.2) is 8.78 Å². The van der Waals surface area contributed by atoms with Gasteiger partial charge in [0.15, 0.2) is 11.6 Å². The smallest absolute Gasteiger partial charge is 0.285 e. The third kappa shape index (κ3) is 3.54. The Hall–Kier alpha value is -2.74. The minimum absolute atomic E-state index is 0.114. The number of rotatable bonds is 4. The van der Waals surface area contributed by atoms with Gasteiger partial charge in [0.05, 0.1) is 28.8 Å². The summed E-state index contributed by atoms with van der Waals surface area (Å²) in [5.74, 6) is -3.35.